The Labute approximate surface area is 110 Å². The van der Waals surface area contributed by atoms with Crippen molar-refractivity contribution in [3.05, 3.63) is 41.8 Å². The molecule has 0 aliphatic heterocycles. The minimum atomic E-state index is -3.58. The number of nitrogens with zero attached hydrogens (tertiary/aromatic N) is 1. The first-order chi connectivity index (χ1) is 9.01. The highest BCUT2D eigenvalue weighted by Gasteiger charge is 2.14. The summed E-state index contributed by atoms with van der Waals surface area (Å²) in [6, 6.07) is 7.75. The first-order valence-electron chi connectivity index (χ1n) is 5.50. The van der Waals surface area contributed by atoms with Gasteiger partial charge in [-0.15, -0.1) is 0 Å². The van der Waals surface area contributed by atoms with Gasteiger partial charge in [-0.2, -0.15) is 0 Å². The molecular formula is C11H14N4O3S. The zero-order valence-electron chi connectivity index (χ0n) is 10.3. The lowest BCUT2D eigenvalue weighted by molar-refractivity contribution is 0.377. The van der Waals surface area contributed by atoms with Crippen molar-refractivity contribution in [1.82, 2.24) is 9.88 Å². The summed E-state index contributed by atoms with van der Waals surface area (Å²) in [6.07, 6.45) is 0. The van der Waals surface area contributed by atoms with Crippen molar-refractivity contribution in [3.8, 4) is 0 Å². The van der Waals surface area contributed by atoms with Crippen LogP contribution in [0.2, 0.25) is 0 Å². The van der Waals surface area contributed by atoms with Gasteiger partial charge in [0.15, 0.2) is 5.76 Å². The summed E-state index contributed by atoms with van der Waals surface area (Å²) in [4.78, 5) is 0.155. The highest BCUT2D eigenvalue weighted by molar-refractivity contribution is 7.89. The molecule has 0 saturated heterocycles. The first-order valence-corrected chi connectivity index (χ1v) is 6.98. The average Bonchev–Trinajstić information content (AvgIpc) is 2.82. The van der Waals surface area contributed by atoms with Crippen molar-refractivity contribution in [2.75, 3.05) is 5.43 Å². The second-order valence-corrected chi connectivity index (χ2v) is 5.69. The van der Waals surface area contributed by atoms with E-state index in [0.717, 1.165) is 0 Å². The molecule has 0 radical (unpaired) electrons. The standard InChI is InChI=1S/C11H14N4O3S/c1-8-6-10(18-15-8)7-13-19(16,17)11-4-2-9(14-12)3-5-11/h2-6,13-14H,7,12H2,1H3. The van der Waals surface area contributed by atoms with E-state index in [4.69, 9.17) is 10.4 Å². The molecule has 0 atom stereocenters. The lowest BCUT2D eigenvalue weighted by atomic mass is 10.3. The van der Waals surface area contributed by atoms with Crippen molar-refractivity contribution < 1.29 is 12.9 Å². The number of aryl methyl sites for hydroxylation is 1. The molecule has 0 fully saturated rings. The van der Waals surface area contributed by atoms with Crippen LogP contribution >= 0.6 is 0 Å². The van der Waals surface area contributed by atoms with Crippen LogP contribution < -0.4 is 16.0 Å². The van der Waals surface area contributed by atoms with Crippen LogP contribution in [0.3, 0.4) is 0 Å². The third-order valence-corrected chi connectivity index (χ3v) is 3.86. The monoisotopic (exact) mass is 282 g/mol. The number of anilines is 1. The Kier molecular flexibility index (Phi) is 3.84. The highest BCUT2D eigenvalue weighted by atomic mass is 32.2. The second-order valence-electron chi connectivity index (χ2n) is 3.93. The number of sulfonamides is 1. The highest BCUT2D eigenvalue weighted by Crippen LogP contribution is 2.13. The van der Waals surface area contributed by atoms with E-state index in [1.165, 1.54) is 12.1 Å². The smallest absolute Gasteiger partial charge is 0.240 e. The Hall–Kier alpha value is -1.90. The summed E-state index contributed by atoms with van der Waals surface area (Å²) in [5.74, 6) is 5.67. The van der Waals surface area contributed by atoms with Gasteiger partial charge in [0, 0.05) is 11.8 Å². The van der Waals surface area contributed by atoms with Crippen LogP contribution in [0.5, 0.6) is 0 Å². The molecule has 0 saturated carbocycles. The van der Waals surface area contributed by atoms with E-state index in [2.05, 4.69) is 15.3 Å². The Morgan fingerprint density at radius 3 is 2.53 bits per heavy atom. The summed E-state index contributed by atoms with van der Waals surface area (Å²) in [6.45, 7) is 1.82. The largest absolute Gasteiger partial charge is 0.360 e. The van der Waals surface area contributed by atoms with Gasteiger partial charge in [0.1, 0.15) is 0 Å². The Balaban J connectivity index is 2.09. The number of nitrogens with one attached hydrogen (secondary N) is 2. The van der Waals surface area contributed by atoms with Crippen LogP contribution in [-0.2, 0) is 16.6 Å². The van der Waals surface area contributed by atoms with Gasteiger partial charge in [0.2, 0.25) is 10.0 Å². The van der Waals surface area contributed by atoms with Crippen LogP contribution in [0.25, 0.3) is 0 Å². The Morgan fingerprint density at radius 1 is 1.32 bits per heavy atom. The maximum absolute atomic E-state index is 12.0. The minimum Gasteiger partial charge on any atom is -0.360 e. The minimum absolute atomic E-state index is 0.0556. The van der Waals surface area contributed by atoms with Crippen molar-refractivity contribution in [2.24, 2.45) is 5.84 Å². The third-order valence-electron chi connectivity index (χ3n) is 2.44. The van der Waals surface area contributed by atoms with Crippen molar-refractivity contribution in [3.63, 3.8) is 0 Å². The molecule has 1 aromatic heterocycles. The molecule has 0 bridgehead atoms. The number of nitrogens with two attached hydrogens (primary N) is 1. The fourth-order valence-corrected chi connectivity index (χ4v) is 2.47. The molecule has 19 heavy (non-hydrogen) atoms. The zero-order valence-corrected chi connectivity index (χ0v) is 11.1. The van der Waals surface area contributed by atoms with Crippen LogP contribution in [0, 0.1) is 6.92 Å². The van der Waals surface area contributed by atoms with E-state index in [1.807, 2.05) is 0 Å². The van der Waals surface area contributed by atoms with Crippen molar-refractivity contribution in [1.29, 1.82) is 0 Å². The first kappa shape index (κ1) is 13.5. The van der Waals surface area contributed by atoms with Crippen molar-refractivity contribution >= 4 is 15.7 Å². The van der Waals surface area contributed by atoms with Gasteiger partial charge < -0.3 is 9.95 Å². The molecule has 1 aromatic carbocycles. The molecule has 4 N–H and O–H groups in total. The van der Waals surface area contributed by atoms with Crippen LogP contribution in [0.15, 0.2) is 39.8 Å². The number of hydrogen-bond donors (Lipinski definition) is 3. The molecule has 0 amide bonds. The molecule has 0 aliphatic rings. The molecule has 7 nitrogen and oxygen atoms in total. The average molecular weight is 282 g/mol. The lowest BCUT2D eigenvalue weighted by Crippen LogP contribution is -2.23. The van der Waals surface area contributed by atoms with Gasteiger partial charge >= 0.3 is 0 Å². The van der Waals surface area contributed by atoms with E-state index in [-0.39, 0.29) is 11.4 Å². The zero-order chi connectivity index (χ0) is 13.9. The van der Waals surface area contributed by atoms with Gasteiger partial charge in [-0.05, 0) is 31.2 Å². The summed E-state index contributed by atoms with van der Waals surface area (Å²) in [7, 11) is -3.58. The molecule has 2 aromatic rings. The summed E-state index contributed by atoms with van der Waals surface area (Å²) in [5, 5.41) is 3.68. The predicted molar refractivity (Wildman–Crippen MR) is 69.5 cm³/mol. The SMILES string of the molecule is Cc1cc(CNS(=O)(=O)c2ccc(NN)cc2)on1. The molecule has 0 spiro atoms. The summed E-state index contributed by atoms with van der Waals surface area (Å²) < 4.78 is 31.3. The van der Waals surface area contributed by atoms with Gasteiger partial charge in [-0.25, -0.2) is 13.1 Å². The van der Waals surface area contributed by atoms with Gasteiger partial charge in [0.25, 0.3) is 0 Å². The third kappa shape index (κ3) is 3.31. The number of aromatic nitrogens is 1. The molecule has 102 valence electrons. The maximum atomic E-state index is 12.0. The molecular weight excluding hydrogens is 268 g/mol. The van der Waals surface area contributed by atoms with Crippen molar-refractivity contribution in [2.45, 2.75) is 18.4 Å². The van der Waals surface area contributed by atoms with Gasteiger partial charge in [0.05, 0.1) is 17.1 Å². The number of nitrogen functional groups attached to an aromatic ring is 1. The van der Waals surface area contributed by atoms with E-state index in [0.29, 0.717) is 17.1 Å². The molecule has 0 unspecified atom stereocenters. The fourth-order valence-electron chi connectivity index (χ4n) is 1.48. The number of hydrazine groups is 1. The van der Waals surface area contributed by atoms with Crippen LogP contribution in [-0.4, -0.2) is 13.6 Å². The maximum Gasteiger partial charge on any atom is 0.240 e. The van der Waals surface area contributed by atoms with E-state index in [9.17, 15) is 8.42 Å². The molecule has 0 aliphatic carbocycles. The lowest BCUT2D eigenvalue weighted by Gasteiger charge is -2.06. The van der Waals surface area contributed by atoms with Gasteiger partial charge in [-0.1, -0.05) is 5.16 Å². The predicted octanol–water partition coefficient (Wildman–Crippen LogP) is 0.747. The van der Waals surface area contributed by atoms with E-state index < -0.39 is 10.0 Å². The van der Waals surface area contributed by atoms with E-state index in [1.54, 1.807) is 25.1 Å². The molecule has 1 heterocycles. The second kappa shape index (κ2) is 5.39. The summed E-state index contributed by atoms with van der Waals surface area (Å²) in [5.41, 5.74) is 3.76. The molecule has 2 rings (SSSR count). The topological polar surface area (TPSA) is 110 Å². The van der Waals surface area contributed by atoms with Gasteiger partial charge in [-0.3, -0.25) is 5.84 Å². The van der Waals surface area contributed by atoms with Crippen LogP contribution in [0.4, 0.5) is 5.69 Å². The molecule has 8 heteroatoms. The number of benzene rings is 1. The fraction of sp³-hybridized carbons (Fsp3) is 0.182. The normalized spacial score (nSPS) is 11.5. The number of hydrogen-bond acceptors (Lipinski definition) is 6. The number of rotatable bonds is 5. The van der Waals surface area contributed by atoms with Crippen LogP contribution in [0.1, 0.15) is 11.5 Å². The van der Waals surface area contributed by atoms with E-state index >= 15 is 0 Å². The Bertz CT molecular complexity index is 649. The Morgan fingerprint density at radius 2 is 2.00 bits per heavy atom. The summed E-state index contributed by atoms with van der Waals surface area (Å²) >= 11 is 0. The quantitative estimate of drug-likeness (QED) is 0.551.